The maximum absolute atomic E-state index is 11.6. The fourth-order valence-corrected chi connectivity index (χ4v) is 2.24. The number of nitrogens with zero attached hydrogens (tertiary/aromatic N) is 2. The zero-order valence-corrected chi connectivity index (χ0v) is 9.17. The molecule has 1 aliphatic rings. The molecule has 16 heavy (non-hydrogen) atoms. The number of hydrogen-bond acceptors (Lipinski definition) is 3. The van der Waals surface area contributed by atoms with Gasteiger partial charge in [-0.3, -0.25) is 9.78 Å². The average molecular weight is 220 g/mol. The Bertz CT molecular complexity index is 353. The summed E-state index contributed by atoms with van der Waals surface area (Å²) in [6.45, 7) is 0.329. The van der Waals surface area contributed by atoms with E-state index in [0.717, 1.165) is 31.4 Å². The first-order valence-corrected chi connectivity index (χ1v) is 5.63. The Morgan fingerprint density at radius 3 is 3.12 bits per heavy atom. The molecule has 1 aromatic rings. The highest BCUT2D eigenvalue weighted by Gasteiger charge is 2.27. The van der Waals surface area contributed by atoms with Crippen molar-refractivity contribution in [3.8, 4) is 0 Å². The minimum atomic E-state index is -0.406. The molecular formula is C12H16N2O2. The number of amides is 1. The van der Waals surface area contributed by atoms with Gasteiger partial charge in [0.05, 0.1) is 6.04 Å². The SMILES string of the molecule is O=C(CO)N1CCCCC1c1cccnc1. The lowest BCUT2D eigenvalue weighted by Crippen LogP contribution is -2.40. The Kier molecular flexibility index (Phi) is 3.51. The van der Waals surface area contributed by atoms with Gasteiger partial charge in [-0.2, -0.15) is 0 Å². The maximum atomic E-state index is 11.6. The van der Waals surface area contributed by atoms with E-state index in [-0.39, 0.29) is 11.9 Å². The predicted octanol–water partition coefficient (Wildman–Crippen LogP) is 1.13. The van der Waals surface area contributed by atoms with Gasteiger partial charge in [0, 0.05) is 18.9 Å². The van der Waals surface area contributed by atoms with Crippen LogP contribution in [0.5, 0.6) is 0 Å². The second-order valence-electron chi connectivity index (χ2n) is 4.04. The number of likely N-dealkylation sites (tertiary alicyclic amines) is 1. The molecule has 1 unspecified atom stereocenters. The Hall–Kier alpha value is -1.42. The molecule has 0 radical (unpaired) electrons. The number of piperidine rings is 1. The average Bonchev–Trinajstić information content (AvgIpc) is 2.39. The molecule has 0 bridgehead atoms. The zero-order valence-electron chi connectivity index (χ0n) is 9.17. The Labute approximate surface area is 94.9 Å². The smallest absolute Gasteiger partial charge is 0.248 e. The Morgan fingerprint density at radius 2 is 2.44 bits per heavy atom. The third-order valence-electron chi connectivity index (χ3n) is 3.03. The molecule has 1 aromatic heterocycles. The van der Waals surface area contributed by atoms with Crippen molar-refractivity contribution in [2.24, 2.45) is 0 Å². The number of hydrogen-bond donors (Lipinski definition) is 1. The summed E-state index contributed by atoms with van der Waals surface area (Å²) in [6, 6.07) is 3.95. The van der Waals surface area contributed by atoms with E-state index < -0.39 is 6.61 Å². The molecule has 4 nitrogen and oxygen atoms in total. The topological polar surface area (TPSA) is 53.4 Å². The maximum Gasteiger partial charge on any atom is 0.248 e. The van der Waals surface area contributed by atoms with Crippen LogP contribution in [0, 0.1) is 0 Å². The van der Waals surface area contributed by atoms with Gasteiger partial charge in [0.25, 0.3) is 0 Å². The molecule has 1 atom stereocenters. The van der Waals surface area contributed by atoms with E-state index in [9.17, 15) is 4.79 Å². The van der Waals surface area contributed by atoms with Crippen LogP contribution in [0.4, 0.5) is 0 Å². The first-order chi connectivity index (χ1) is 7.83. The van der Waals surface area contributed by atoms with Crippen molar-refractivity contribution >= 4 is 5.91 Å². The molecule has 1 aliphatic heterocycles. The first kappa shape index (κ1) is 11.1. The fraction of sp³-hybridized carbons (Fsp3) is 0.500. The summed E-state index contributed by atoms with van der Waals surface area (Å²) in [4.78, 5) is 17.4. The molecule has 0 spiro atoms. The quantitative estimate of drug-likeness (QED) is 0.812. The summed E-state index contributed by atoms with van der Waals surface area (Å²) < 4.78 is 0. The van der Waals surface area contributed by atoms with Crippen LogP contribution in [0.3, 0.4) is 0 Å². The van der Waals surface area contributed by atoms with Crippen LogP contribution >= 0.6 is 0 Å². The summed E-state index contributed by atoms with van der Waals surface area (Å²) in [5, 5.41) is 8.94. The molecule has 86 valence electrons. The van der Waals surface area contributed by atoms with Crippen LogP contribution in [-0.2, 0) is 4.79 Å². The van der Waals surface area contributed by atoms with Crippen molar-refractivity contribution < 1.29 is 9.90 Å². The lowest BCUT2D eigenvalue weighted by atomic mass is 9.96. The van der Waals surface area contributed by atoms with Gasteiger partial charge in [-0.15, -0.1) is 0 Å². The minimum absolute atomic E-state index is 0.0853. The third-order valence-corrected chi connectivity index (χ3v) is 3.03. The van der Waals surface area contributed by atoms with Gasteiger partial charge in [0.15, 0.2) is 0 Å². The molecule has 1 fully saturated rings. The van der Waals surface area contributed by atoms with Crippen LogP contribution in [0.1, 0.15) is 30.9 Å². The summed E-state index contributed by atoms with van der Waals surface area (Å²) >= 11 is 0. The Morgan fingerprint density at radius 1 is 1.56 bits per heavy atom. The highest BCUT2D eigenvalue weighted by atomic mass is 16.3. The molecule has 2 heterocycles. The van der Waals surface area contributed by atoms with Crippen molar-refractivity contribution in [2.75, 3.05) is 13.2 Å². The molecule has 1 saturated heterocycles. The van der Waals surface area contributed by atoms with Gasteiger partial charge in [0.2, 0.25) is 5.91 Å². The second-order valence-corrected chi connectivity index (χ2v) is 4.04. The van der Waals surface area contributed by atoms with E-state index in [4.69, 9.17) is 5.11 Å². The van der Waals surface area contributed by atoms with Crippen LogP contribution in [-0.4, -0.2) is 34.0 Å². The molecule has 1 amide bonds. The number of aromatic nitrogens is 1. The normalized spacial score (nSPS) is 20.8. The van der Waals surface area contributed by atoms with E-state index in [2.05, 4.69) is 4.98 Å². The van der Waals surface area contributed by atoms with Crippen molar-refractivity contribution in [1.29, 1.82) is 0 Å². The van der Waals surface area contributed by atoms with E-state index in [0.29, 0.717) is 0 Å². The molecule has 4 heteroatoms. The van der Waals surface area contributed by atoms with Gasteiger partial charge in [-0.05, 0) is 30.9 Å². The molecule has 1 N–H and O–H groups in total. The monoisotopic (exact) mass is 220 g/mol. The number of aliphatic hydroxyl groups excluding tert-OH is 1. The van der Waals surface area contributed by atoms with E-state index >= 15 is 0 Å². The van der Waals surface area contributed by atoms with Crippen LogP contribution in [0.15, 0.2) is 24.5 Å². The third kappa shape index (κ3) is 2.22. The van der Waals surface area contributed by atoms with E-state index in [1.807, 2.05) is 12.1 Å². The van der Waals surface area contributed by atoms with Gasteiger partial charge in [-0.1, -0.05) is 6.07 Å². The van der Waals surface area contributed by atoms with Gasteiger partial charge >= 0.3 is 0 Å². The van der Waals surface area contributed by atoms with Gasteiger partial charge in [0.1, 0.15) is 6.61 Å². The second kappa shape index (κ2) is 5.07. The lowest BCUT2D eigenvalue weighted by molar-refractivity contribution is -0.138. The number of carbonyl (C=O) groups is 1. The summed E-state index contributed by atoms with van der Waals surface area (Å²) in [6.07, 6.45) is 6.62. The van der Waals surface area contributed by atoms with E-state index in [1.54, 1.807) is 17.3 Å². The number of rotatable bonds is 2. The molecule has 0 saturated carbocycles. The van der Waals surface area contributed by atoms with Gasteiger partial charge in [-0.25, -0.2) is 0 Å². The predicted molar refractivity (Wildman–Crippen MR) is 59.6 cm³/mol. The molecular weight excluding hydrogens is 204 g/mol. The molecule has 2 rings (SSSR count). The summed E-state index contributed by atoms with van der Waals surface area (Å²) in [5.41, 5.74) is 1.06. The highest BCUT2D eigenvalue weighted by Crippen LogP contribution is 2.30. The largest absolute Gasteiger partial charge is 0.387 e. The minimum Gasteiger partial charge on any atom is -0.387 e. The standard InChI is InChI=1S/C12H16N2O2/c15-9-12(16)14-7-2-1-5-11(14)10-4-3-6-13-8-10/h3-4,6,8,11,15H,1-2,5,7,9H2. The molecule has 0 aromatic carbocycles. The van der Waals surface area contributed by atoms with Gasteiger partial charge < -0.3 is 10.0 Å². The fourth-order valence-electron chi connectivity index (χ4n) is 2.24. The van der Waals surface area contributed by atoms with Crippen LogP contribution in [0.2, 0.25) is 0 Å². The van der Waals surface area contributed by atoms with Crippen LogP contribution < -0.4 is 0 Å². The van der Waals surface area contributed by atoms with Crippen molar-refractivity contribution in [1.82, 2.24) is 9.88 Å². The molecule has 0 aliphatic carbocycles. The number of aliphatic hydroxyl groups is 1. The van der Waals surface area contributed by atoms with Crippen molar-refractivity contribution in [2.45, 2.75) is 25.3 Å². The first-order valence-electron chi connectivity index (χ1n) is 5.63. The number of pyridine rings is 1. The summed E-state index contributed by atoms with van der Waals surface area (Å²) in [5.74, 6) is -0.187. The zero-order chi connectivity index (χ0) is 11.4. The van der Waals surface area contributed by atoms with Crippen molar-refractivity contribution in [3.05, 3.63) is 30.1 Å². The van der Waals surface area contributed by atoms with Crippen molar-refractivity contribution in [3.63, 3.8) is 0 Å². The lowest BCUT2D eigenvalue weighted by Gasteiger charge is -2.35. The van der Waals surface area contributed by atoms with Crippen LogP contribution in [0.25, 0.3) is 0 Å². The highest BCUT2D eigenvalue weighted by molar-refractivity contribution is 5.77. The number of carbonyl (C=O) groups excluding carboxylic acids is 1. The Balaban J connectivity index is 2.20. The summed E-state index contributed by atoms with van der Waals surface area (Å²) in [7, 11) is 0. The van der Waals surface area contributed by atoms with E-state index in [1.165, 1.54) is 0 Å².